The maximum Gasteiger partial charge on any atom is 0.407 e. The molecular weight excluding hydrogens is 315 g/mol. The van der Waals surface area contributed by atoms with Gasteiger partial charge < -0.3 is 14.5 Å². The Balaban J connectivity index is 2.06. The van der Waals surface area contributed by atoms with E-state index in [1.165, 1.54) is 17.0 Å². The van der Waals surface area contributed by atoms with Crippen LogP contribution in [-0.4, -0.2) is 43.8 Å². The number of amides is 1. The Bertz CT molecular complexity index is 694. The summed E-state index contributed by atoms with van der Waals surface area (Å²) in [5.74, 6) is 0.103. The molecule has 0 radical (unpaired) electrons. The number of rotatable bonds is 5. The Morgan fingerprint density at radius 1 is 1.42 bits per heavy atom. The summed E-state index contributed by atoms with van der Waals surface area (Å²) < 4.78 is 18.0. The highest BCUT2D eigenvalue weighted by Crippen LogP contribution is 2.24. The van der Waals surface area contributed by atoms with Gasteiger partial charge in [-0.1, -0.05) is 25.9 Å². The number of carbonyl (C=O) groups is 1. The van der Waals surface area contributed by atoms with E-state index in [1.54, 1.807) is 0 Å². The molecule has 0 spiro atoms. The Kier molecular flexibility index (Phi) is 5.16. The predicted octanol–water partition coefficient (Wildman–Crippen LogP) is 3.23. The van der Waals surface area contributed by atoms with E-state index in [-0.39, 0.29) is 23.9 Å². The fraction of sp³-hybridized carbons (Fsp3) is 0.500. The van der Waals surface area contributed by atoms with Gasteiger partial charge in [0.15, 0.2) is 5.82 Å². The highest BCUT2D eigenvalue weighted by molar-refractivity contribution is 5.65. The van der Waals surface area contributed by atoms with Gasteiger partial charge in [0.2, 0.25) is 0 Å². The Labute approximate surface area is 139 Å². The summed E-state index contributed by atoms with van der Waals surface area (Å²) >= 11 is 0. The smallest absolute Gasteiger partial charge is 0.407 e. The van der Waals surface area contributed by atoms with Crippen LogP contribution in [0.5, 0.6) is 0 Å². The number of hydrogen-bond donors (Lipinski definition) is 1. The normalized spacial score (nSPS) is 12.9. The first-order valence-corrected chi connectivity index (χ1v) is 7.62. The first kappa shape index (κ1) is 17.8. The molecule has 1 N–H and O–H groups in total. The first-order chi connectivity index (χ1) is 11.2. The molecule has 1 amide bonds. The summed E-state index contributed by atoms with van der Waals surface area (Å²) in [5.41, 5.74) is 0.187. The average molecular weight is 336 g/mol. The predicted molar refractivity (Wildman–Crippen MR) is 84.8 cm³/mol. The lowest BCUT2D eigenvalue weighted by molar-refractivity contribution is 0.0906. The molecule has 2 aromatic heterocycles. The van der Waals surface area contributed by atoms with Gasteiger partial charge in [0.25, 0.3) is 5.89 Å². The van der Waals surface area contributed by atoms with E-state index in [2.05, 4.69) is 15.1 Å². The van der Waals surface area contributed by atoms with Crippen molar-refractivity contribution in [2.24, 2.45) is 5.41 Å². The largest absolute Gasteiger partial charge is 0.465 e. The molecule has 0 aromatic carbocycles. The molecule has 0 bridgehead atoms. The van der Waals surface area contributed by atoms with Crippen molar-refractivity contribution in [3.63, 3.8) is 0 Å². The molecule has 0 aliphatic heterocycles. The molecule has 0 saturated carbocycles. The molecule has 0 fully saturated rings. The quantitative estimate of drug-likeness (QED) is 0.901. The summed E-state index contributed by atoms with van der Waals surface area (Å²) in [6.07, 6.45) is 0.398. The SMILES string of the molecule is CC(N(CCc1noc(-c2ccc(F)cn2)n1)C(=O)O)C(C)(C)C. The first-order valence-electron chi connectivity index (χ1n) is 7.62. The molecule has 24 heavy (non-hydrogen) atoms. The number of halogens is 1. The van der Waals surface area contributed by atoms with Crippen molar-refractivity contribution in [2.75, 3.05) is 6.54 Å². The van der Waals surface area contributed by atoms with Gasteiger partial charge in [-0.3, -0.25) is 0 Å². The van der Waals surface area contributed by atoms with E-state index >= 15 is 0 Å². The third-order valence-corrected chi connectivity index (χ3v) is 3.96. The molecule has 1 atom stereocenters. The summed E-state index contributed by atoms with van der Waals surface area (Å²) in [7, 11) is 0. The summed E-state index contributed by atoms with van der Waals surface area (Å²) in [5, 5.41) is 13.2. The van der Waals surface area contributed by atoms with E-state index in [9.17, 15) is 14.3 Å². The zero-order chi connectivity index (χ0) is 17.9. The monoisotopic (exact) mass is 336 g/mol. The van der Waals surface area contributed by atoms with Crippen LogP contribution in [0.3, 0.4) is 0 Å². The van der Waals surface area contributed by atoms with Gasteiger partial charge in [0.1, 0.15) is 11.5 Å². The lowest BCUT2D eigenvalue weighted by atomic mass is 9.87. The molecule has 2 aromatic rings. The summed E-state index contributed by atoms with van der Waals surface area (Å²) in [6.45, 7) is 8.09. The van der Waals surface area contributed by atoms with E-state index in [1.807, 2.05) is 27.7 Å². The minimum Gasteiger partial charge on any atom is -0.465 e. The minimum absolute atomic E-state index is 0.167. The third-order valence-electron chi connectivity index (χ3n) is 3.96. The topological polar surface area (TPSA) is 92.4 Å². The van der Waals surface area contributed by atoms with Crippen molar-refractivity contribution < 1.29 is 18.8 Å². The lowest BCUT2D eigenvalue weighted by Crippen LogP contribution is -2.46. The molecule has 7 nitrogen and oxygen atoms in total. The van der Waals surface area contributed by atoms with Crippen LogP contribution in [0.1, 0.15) is 33.5 Å². The molecule has 0 aliphatic carbocycles. The number of hydrogen-bond acceptors (Lipinski definition) is 5. The second kappa shape index (κ2) is 6.94. The van der Waals surface area contributed by atoms with Crippen molar-refractivity contribution in [2.45, 2.75) is 40.2 Å². The van der Waals surface area contributed by atoms with Crippen LogP contribution in [0.2, 0.25) is 0 Å². The van der Waals surface area contributed by atoms with E-state index in [4.69, 9.17) is 4.52 Å². The zero-order valence-electron chi connectivity index (χ0n) is 14.2. The second-order valence-electron chi connectivity index (χ2n) is 6.65. The van der Waals surface area contributed by atoms with Gasteiger partial charge in [-0.05, 0) is 24.5 Å². The number of aromatic nitrogens is 3. The van der Waals surface area contributed by atoms with E-state index in [0.29, 0.717) is 17.9 Å². The molecule has 2 rings (SSSR count). The number of pyridine rings is 1. The van der Waals surface area contributed by atoms with Crippen LogP contribution >= 0.6 is 0 Å². The molecule has 1 unspecified atom stereocenters. The van der Waals surface area contributed by atoms with E-state index < -0.39 is 11.9 Å². The zero-order valence-corrected chi connectivity index (χ0v) is 14.2. The van der Waals surface area contributed by atoms with Gasteiger partial charge >= 0.3 is 6.09 Å². The second-order valence-corrected chi connectivity index (χ2v) is 6.65. The molecule has 0 saturated heterocycles. The fourth-order valence-electron chi connectivity index (χ4n) is 2.10. The van der Waals surface area contributed by atoms with Crippen LogP contribution in [0.4, 0.5) is 9.18 Å². The van der Waals surface area contributed by atoms with Crippen molar-refractivity contribution in [1.82, 2.24) is 20.0 Å². The summed E-state index contributed by atoms with van der Waals surface area (Å²) in [4.78, 5) is 20.9. The molecule has 2 heterocycles. The molecule has 0 aliphatic rings. The molecule has 130 valence electrons. The fourth-order valence-corrected chi connectivity index (χ4v) is 2.10. The van der Waals surface area contributed by atoms with Crippen LogP contribution in [-0.2, 0) is 6.42 Å². The van der Waals surface area contributed by atoms with E-state index in [0.717, 1.165) is 6.20 Å². The van der Waals surface area contributed by atoms with Gasteiger partial charge in [0, 0.05) is 19.0 Å². The summed E-state index contributed by atoms with van der Waals surface area (Å²) in [6, 6.07) is 2.53. The molecular formula is C16H21FN4O3. The van der Waals surface area contributed by atoms with Crippen LogP contribution in [0.15, 0.2) is 22.9 Å². The van der Waals surface area contributed by atoms with Gasteiger partial charge in [-0.2, -0.15) is 4.98 Å². The van der Waals surface area contributed by atoms with Crippen LogP contribution in [0, 0.1) is 11.2 Å². The highest BCUT2D eigenvalue weighted by atomic mass is 19.1. The number of carboxylic acid groups (broad SMARTS) is 1. The maximum atomic E-state index is 12.9. The Hall–Kier alpha value is -2.51. The van der Waals surface area contributed by atoms with Crippen LogP contribution in [0.25, 0.3) is 11.6 Å². The average Bonchev–Trinajstić information content (AvgIpc) is 2.95. The van der Waals surface area contributed by atoms with Crippen LogP contribution < -0.4 is 0 Å². The number of nitrogens with zero attached hydrogens (tertiary/aromatic N) is 4. The van der Waals surface area contributed by atoms with Gasteiger partial charge in [-0.15, -0.1) is 0 Å². The third kappa shape index (κ3) is 4.27. The van der Waals surface area contributed by atoms with Crippen molar-refractivity contribution >= 4 is 6.09 Å². The minimum atomic E-state index is -0.985. The van der Waals surface area contributed by atoms with Crippen molar-refractivity contribution in [3.8, 4) is 11.6 Å². The lowest BCUT2D eigenvalue weighted by Gasteiger charge is -2.35. The van der Waals surface area contributed by atoms with Gasteiger partial charge in [0.05, 0.1) is 6.20 Å². The maximum absolute atomic E-state index is 12.9. The Morgan fingerprint density at radius 2 is 2.12 bits per heavy atom. The van der Waals surface area contributed by atoms with Crippen molar-refractivity contribution in [1.29, 1.82) is 0 Å². The molecule has 8 heteroatoms. The Morgan fingerprint density at radius 3 is 2.67 bits per heavy atom. The highest BCUT2D eigenvalue weighted by Gasteiger charge is 2.29. The van der Waals surface area contributed by atoms with Crippen molar-refractivity contribution in [3.05, 3.63) is 30.0 Å². The standard InChI is InChI=1S/C16H21FN4O3/c1-10(16(2,3)4)21(15(22)23)8-7-13-19-14(24-20-13)12-6-5-11(17)9-18-12/h5-6,9-10H,7-8H2,1-4H3,(H,22,23). The van der Waals surface area contributed by atoms with Gasteiger partial charge in [-0.25, -0.2) is 14.2 Å².